The Labute approximate surface area is 85.0 Å². The minimum absolute atomic E-state index is 0.0570. The first kappa shape index (κ1) is 9.21. The highest BCUT2D eigenvalue weighted by Crippen LogP contribution is 2.15. The van der Waals surface area contributed by atoms with E-state index < -0.39 is 0 Å². The minimum Gasteiger partial charge on any atom is -0.302 e. The molecular weight excluding hydrogens is 198 g/mol. The number of hydrogen-bond donors (Lipinski definition) is 0. The average molecular weight is 207 g/mol. The average Bonchev–Trinajstić information content (AvgIpc) is 2.23. The van der Waals surface area contributed by atoms with Crippen LogP contribution in [0.25, 0.3) is 11.0 Å². The zero-order chi connectivity index (χ0) is 10.1. The predicted molar refractivity (Wildman–Crippen MR) is 56.6 cm³/mol. The van der Waals surface area contributed by atoms with E-state index in [1.807, 2.05) is 12.3 Å². The molecule has 5 heteroatoms. The summed E-state index contributed by atoms with van der Waals surface area (Å²) in [6.45, 7) is 0. The second-order valence-corrected chi connectivity index (χ2v) is 3.79. The molecule has 0 unspecified atom stereocenters. The standard InChI is InChI=1S/C9H9N3OS/c1-12-5-11-8-7(9(12)13)3-6(14-2)4-10-8/h3-5H,1-2H3. The first-order chi connectivity index (χ1) is 6.72. The number of rotatable bonds is 1. The van der Waals surface area contributed by atoms with Gasteiger partial charge in [0.25, 0.3) is 5.56 Å². The molecule has 0 N–H and O–H groups in total. The zero-order valence-corrected chi connectivity index (χ0v) is 8.71. The van der Waals surface area contributed by atoms with E-state index in [1.165, 1.54) is 10.9 Å². The molecule has 0 aliphatic rings. The van der Waals surface area contributed by atoms with E-state index in [-0.39, 0.29) is 5.56 Å². The highest BCUT2D eigenvalue weighted by Gasteiger charge is 2.03. The Morgan fingerprint density at radius 2 is 2.21 bits per heavy atom. The monoisotopic (exact) mass is 207 g/mol. The van der Waals surface area contributed by atoms with Crippen LogP contribution in [-0.2, 0) is 7.05 Å². The van der Waals surface area contributed by atoms with E-state index in [1.54, 1.807) is 25.0 Å². The third kappa shape index (κ3) is 1.39. The summed E-state index contributed by atoms with van der Waals surface area (Å²) in [5.41, 5.74) is 0.448. The molecule has 14 heavy (non-hydrogen) atoms. The van der Waals surface area contributed by atoms with Crippen molar-refractivity contribution in [2.24, 2.45) is 7.05 Å². The lowest BCUT2D eigenvalue weighted by Crippen LogP contribution is -2.17. The van der Waals surface area contributed by atoms with E-state index in [4.69, 9.17) is 0 Å². The Balaban J connectivity index is 2.85. The van der Waals surface area contributed by atoms with Gasteiger partial charge < -0.3 is 4.57 Å². The van der Waals surface area contributed by atoms with Gasteiger partial charge in [-0.25, -0.2) is 9.97 Å². The van der Waals surface area contributed by atoms with Crippen LogP contribution in [0.2, 0.25) is 0 Å². The van der Waals surface area contributed by atoms with E-state index in [9.17, 15) is 4.79 Å². The minimum atomic E-state index is -0.0570. The molecule has 0 spiro atoms. The molecule has 0 atom stereocenters. The first-order valence-electron chi connectivity index (χ1n) is 4.08. The highest BCUT2D eigenvalue weighted by atomic mass is 32.2. The Hall–Kier alpha value is -1.36. The maximum Gasteiger partial charge on any atom is 0.262 e. The van der Waals surface area contributed by atoms with Crippen molar-refractivity contribution in [3.05, 3.63) is 28.9 Å². The lowest BCUT2D eigenvalue weighted by atomic mass is 10.3. The van der Waals surface area contributed by atoms with Gasteiger partial charge in [0.2, 0.25) is 0 Å². The Morgan fingerprint density at radius 1 is 1.43 bits per heavy atom. The van der Waals surface area contributed by atoms with Gasteiger partial charge in [-0.05, 0) is 12.3 Å². The van der Waals surface area contributed by atoms with Crippen molar-refractivity contribution < 1.29 is 0 Å². The number of nitrogens with zero attached hydrogens (tertiary/aromatic N) is 3. The van der Waals surface area contributed by atoms with Crippen molar-refractivity contribution in [3.63, 3.8) is 0 Å². The lowest BCUT2D eigenvalue weighted by molar-refractivity contribution is 0.839. The summed E-state index contributed by atoms with van der Waals surface area (Å²) >= 11 is 1.56. The molecule has 72 valence electrons. The molecule has 2 aromatic rings. The predicted octanol–water partition coefficient (Wildman–Crippen LogP) is 1.05. The number of aromatic nitrogens is 3. The van der Waals surface area contributed by atoms with Crippen molar-refractivity contribution in [1.29, 1.82) is 0 Å². The van der Waals surface area contributed by atoms with Crippen LogP contribution in [0, 0.1) is 0 Å². The van der Waals surface area contributed by atoms with Crippen molar-refractivity contribution in [3.8, 4) is 0 Å². The van der Waals surface area contributed by atoms with Crippen LogP contribution in [0.15, 0.2) is 28.3 Å². The molecule has 0 radical (unpaired) electrons. The molecule has 2 heterocycles. The molecule has 2 aromatic heterocycles. The molecule has 0 aromatic carbocycles. The summed E-state index contributed by atoms with van der Waals surface area (Å²) in [6, 6.07) is 1.82. The van der Waals surface area contributed by atoms with Crippen molar-refractivity contribution in [2.45, 2.75) is 4.90 Å². The SMILES string of the molecule is CSc1cnc2ncn(C)c(=O)c2c1. The van der Waals surface area contributed by atoms with Crippen LogP contribution in [0.4, 0.5) is 0 Å². The Kier molecular flexibility index (Phi) is 2.25. The van der Waals surface area contributed by atoms with Crippen LogP contribution in [0.1, 0.15) is 0 Å². The Morgan fingerprint density at radius 3 is 2.93 bits per heavy atom. The second-order valence-electron chi connectivity index (χ2n) is 2.91. The topological polar surface area (TPSA) is 47.8 Å². The van der Waals surface area contributed by atoms with Gasteiger partial charge in [-0.15, -0.1) is 11.8 Å². The van der Waals surface area contributed by atoms with E-state index in [0.717, 1.165) is 4.90 Å². The molecule has 0 saturated carbocycles. The summed E-state index contributed by atoms with van der Waals surface area (Å²) < 4.78 is 1.45. The second kappa shape index (κ2) is 3.42. The van der Waals surface area contributed by atoms with Gasteiger partial charge in [-0.1, -0.05) is 0 Å². The van der Waals surface area contributed by atoms with Gasteiger partial charge in [0.1, 0.15) is 0 Å². The molecular formula is C9H9N3OS. The molecule has 0 amide bonds. The number of fused-ring (bicyclic) bond motifs is 1. The molecule has 0 aliphatic heterocycles. The molecule has 0 fully saturated rings. The first-order valence-corrected chi connectivity index (χ1v) is 5.30. The van der Waals surface area contributed by atoms with Gasteiger partial charge in [0.15, 0.2) is 5.65 Å². The molecule has 0 aliphatic carbocycles. The summed E-state index contributed by atoms with van der Waals surface area (Å²) in [5, 5.41) is 0.571. The smallest absolute Gasteiger partial charge is 0.262 e. The van der Waals surface area contributed by atoms with E-state index in [0.29, 0.717) is 11.0 Å². The zero-order valence-electron chi connectivity index (χ0n) is 7.89. The summed E-state index contributed by atoms with van der Waals surface area (Å²) in [5.74, 6) is 0. The third-order valence-electron chi connectivity index (χ3n) is 1.98. The summed E-state index contributed by atoms with van der Waals surface area (Å²) in [7, 11) is 1.68. The number of pyridine rings is 1. The number of thioether (sulfide) groups is 1. The molecule has 4 nitrogen and oxygen atoms in total. The third-order valence-corrected chi connectivity index (χ3v) is 2.68. The van der Waals surface area contributed by atoms with Crippen LogP contribution < -0.4 is 5.56 Å². The van der Waals surface area contributed by atoms with Crippen LogP contribution in [0.5, 0.6) is 0 Å². The van der Waals surface area contributed by atoms with Crippen LogP contribution in [0.3, 0.4) is 0 Å². The largest absolute Gasteiger partial charge is 0.302 e. The van der Waals surface area contributed by atoms with Gasteiger partial charge in [-0.3, -0.25) is 4.79 Å². The number of aryl methyl sites for hydroxylation is 1. The van der Waals surface area contributed by atoms with Crippen molar-refractivity contribution in [1.82, 2.24) is 14.5 Å². The van der Waals surface area contributed by atoms with Crippen molar-refractivity contribution in [2.75, 3.05) is 6.26 Å². The highest BCUT2D eigenvalue weighted by molar-refractivity contribution is 7.98. The number of hydrogen-bond acceptors (Lipinski definition) is 4. The lowest BCUT2D eigenvalue weighted by Gasteiger charge is -2.00. The molecule has 0 bridgehead atoms. The fourth-order valence-electron chi connectivity index (χ4n) is 1.19. The fraction of sp³-hybridized carbons (Fsp3) is 0.222. The fourth-order valence-corrected chi connectivity index (χ4v) is 1.59. The summed E-state index contributed by atoms with van der Waals surface area (Å²) in [6.07, 6.45) is 5.15. The van der Waals surface area contributed by atoms with Gasteiger partial charge in [0, 0.05) is 18.1 Å². The maximum absolute atomic E-state index is 11.7. The normalized spacial score (nSPS) is 10.7. The van der Waals surface area contributed by atoms with E-state index >= 15 is 0 Å². The van der Waals surface area contributed by atoms with Gasteiger partial charge >= 0.3 is 0 Å². The Bertz CT molecular complexity index is 535. The van der Waals surface area contributed by atoms with Crippen LogP contribution >= 0.6 is 11.8 Å². The molecule has 0 saturated heterocycles. The summed E-state index contributed by atoms with van der Waals surface area (Å²) in [4.78, 5) is 20.8. The van der Waals surface area contributed by atoms with Gasteiger partial charge in [0.05, 0.1) is 11.7 Å². The van der Waals surface area contributed by atoms with Crippen molar-refractivity contribution >= 4 is 22.8 Å². The maximum atomic E-state index is 11.7. The van der Waals surface area contributed by atoms with Crippen LogP contribution in [-0.4, -0.2) is 20.8 Å². The quantitative estimate of drug-likeness (QED) is 0.656. The van der Waals surface area contributed by atoms with E-state index in [2.05, 4.69) is 9.97 Å². The molecule has 2 rings (SSSR count). The van der Waals surface area contributed by atoms with Gasteiger partial charge in [-0.2, -0.15) is 0 Å².